The van der Waals surface area contributed by atoms with Gasteiger partial charge in [0, 0.05) is 19.5 Å². The van der Waals surface area contributed by atoms with Crippen LogP contribution in [0.3, 0.4) is 0 Å². The molecule has 0 aliphatic carbocycles. The molecule has 1 fully saturated rings. The molecule has 0 atom stereocenters. The highest BCUT2D eigenvalue weighted by atomic mass is 16.2. The van der Waals surface area contributed by atoms with Crippen molar-refractivity contribution < 1.29 is 4.79 Å². The number of nitrogens with zero attached hydrogens (tertiary/aromatic N) is 1. The molecule has 1 saturated heterocycles. The fourth-order valence-corrected chi connectivity index (χ4v) is 1.74. The number of carbonyl (C=O) groups excluding carboxylic acids is 1. The Labute approximate surface area is 109 Å². The van der Waals surface area contributed by atoms with E-state index in [0.717, 1.165) is 19.0 Å². The Kier molecular flexibility index (Phi) is 13.2. The molecule has 17 heavy (non-hydrogen) atoms. The van der Waals surface area contributed by atoms with Crippen LogP contribution < -0.4 is 0 Å². The largest absolute Gasteiger partial charge is 0.343 e. The molecule has 0 saturated carbocycles. The SMILES string of the molecule is CC.CC.CC(C)CC(=O)N1CCC(C)CC1. The van der Waals surface area contributed by atoms with Crippen molar-refractivity contribution in [1.82, 2.24) is 4.90 Å². The van der Waals surface area contributed by atoms with E-state index in [2.05, 4.69) is 20.8 Å². The maximum absolute atomic E-state index is 11.6. The molecule has 1 aliphatic rings. The molecule has 2 heteroatoms. The lowest BCUT2D eigenvalue weighted by atomic mass is 9.98. The van der Waals surface area contributed by atoms with E-state index >= 15 is 0 Å². The van der Waals surface area contributed by atoms with Crippen molar-refractivity contribution >= 4 is 5.91 Å². The number of likely N-dealkylation sites (tertiary alicyclic amines) is 1. The Morgan fingerprint density at radius 2 is 1.53 bits per heavy atom. The van der Waals surface area contributed by atoms with Crippen molar-refractivity contribution in [2.45, 2.75) is 67.7 Å². The van der Waals surface area contributed by atoms with Gasteiger partial charge < -0.3 is 4.90 Å². The van der Waals surface area contributed by atoms with Gasteiger partial charge in [-0.15, -0.1) is 0 Å². The van der Waals surface area contributed by atoms with Gasteiger partial charge in [-0.2, -0.15) is 0 Å². The van der Waals surface area contributed by atoms with Gasteiger partial charge in [0.2, 0.25) is 5.91 Å². The molecule has 1 aliphatic heterocycles. The molecule has 0 aromatic carbocycles. The van der Waals surface area contributed by atoms with Crippen molar-refractivity contribution in [3.8, 4) is 0 Å². The van der Waals surface area contributed by atoms with Crippen LogP contribution in [0.1, 0.15) is 67.7 Å². The molecule has 1 amide bonds. The lowest BCUT2D eigenvalue weighted by molar-refractivity contribution is -0.133. The highest BCUT2D eigenvalue weighted by molar-refractivity contribution is 5.76. The third-order valence-corrected chi connectivity index (χ3v) is 2.72. The second-order valence-electron chi connectivity index (χ2n) is 4.66. The van der Waals surface area contributed by atoms with Gasteiger partial charge in [0.25, 0.3) is 0 Å². The highest BCUT2D eigenvalue weighted by Crippen LogP contribution is 2.17. The summed E-state index contributed by atoms with van der Waals surface area (Å²) in [4.78, 5) is 13.7. The minimum atomic E-state index is 0.349. The zero-order chi connectivity index (χ0) is 13.8. The summed E-state index contributed by atoms with van der Waals surface area (Å²) in [5.74, 6) is 1.65. The first-order chi connectivity index (χ1) is 8.09. The number of piperidine rings is 1. The van der Waals surface area contributed by atoms with Crippen LogP contribution in [-0.2, 0) is 4.79 Å². The van der Waals surface area contributed by atoms with E-state index in [9.17, 15) is 4.79 Å². The van der Waals surface area contributed by atoms with Crippen LogP contribution >= 0.6 is 0 Å². The summed E-state index contributed by atoms with van der Waals surface area (Å²) >= 11 is 0. The van der Waals surface area contributed by atoms with Crippen LogP contribution in [0.2, 0.25) is 0 Å². The average molecular weight is 243 g/mol. The van der Waals surface area contributed by atoms with Gasteiger partial charge in [0.1, 0.15) is 0 Å². The lowest BCUT2D eigenvalue weighted by Crippen LogP contribution is -2.38. The second-order valence-corrected chi connectivity index (χ2v) is 4.66. The topological polar surface area (TPSA) is 20.3 Å². The van der Waals surface area contributed by atoms with Crippen LogP contribution in [0.25, 0.3) is 0 Å². The van der Waals surface area contributed by atoms with Crippen molar-refractivity contribution in [2.75, 3.05) is 13.1 Å². The molecule has 0 unspecified atom stereocenters. The third-order valence-electron chi connectivity index (χ3n) is 2.72. The molecule has 1 heterocycles. The predicted molar refractivity (Wildman–Crippen MR) is 77.1 cm³/mol. The third kappa shape index (κ3) is 9.20. The number of amides is 1. The van der Waals surface area contributed by atoms with Crippen LogP contribution in [0.5, 0.6) is 0 Å². The monoisotopic (exact) mass is 243 g/mol. The zero-order valence-corrected chi connectivity index (χ0v) is 13.0. The summed E-state index contributed by atoms with van der Waals surface area (Å²) in [6.45, 7) is 16.4. The maximum Gasteiger partial charge on any atom is 0.222 e. The average Bonchev–Trinajstić information content (AvgIpc) is 2.34. The molecule has 0 spiro atoms. The van der Waals surface area contributed by atoms with E-state index in [1.807, 2.05) is 32.6 Å². The fourth-order valence-electron chi connectivity index (χ4n) is 1.74. The zero-order valence-electron chi connectivity index (χ0n) is 13.0. The first-order valence-corrected chi connectivity index (χ1v) is 7.37. The van der Waals surface area contributed by atoms with Gasteiger partial charge in [-0.3, -0.25) is 4.79 Å². The van der Waals surface area contributed by atoms with Gasteiger partial charge >= 0.3 is 0 Å². The number of carbonyl (C=O) groups is 1. The second kappa shape index (κ2) is 11.9. The molecule has 0 radical (unpaired) electrons. The number of rotatable bonds is 2. The quantitative estimate of drug-likeness (QED) is 0.706. The van der Waals surface area contributed by atoms with Crippen LogP contribution in [0.4, 0.5) is 0 Å². The van der Waals surface area contributed by atoms with Crippen molar-refractivity contribution in [2.24, 2.45) is 11.8 Å². The lowest BCUT2D eigenvalue weighted by Gasteiger charge is -2.30. The van der Waals surface area contributed by atoms with Gasteiger partial charge in [0.15, 0.2) is 0 Å². The van der Waals surface area contributed by atoms with Crippen LogP contribution in [0, 0.1) is 11.8 Å². The first-order valence-electron chi connectivity index (χ1n) is 7.37. The molecule has 1 rings (SSSR count). The molecule has 0 N–H and O–H groups in total. The molecular formula is C15H33NO. The maximum atomic E-state index is 11.6. The Morgan fingerprint density at radius 1 is 1.12 bits per heavy atom. The number of hydrogen-bond donors (Lipinski definition) is 0. The Hall–Kier alpha value is -0.530. The van der Waals surface area contributed by atoms with E-state index < -0.39 is 0 Å². The Bertz CT molecular complexity index is 170. The molecule has 104 valence electrons. The van der Waals surface area contributed by atoms with E-state index in [1.54, 1.807) is 0 Å². The Morgan fingerprint density at radius 3 is 1.88 bits per heavy atom. The molecule has 0 aromatic rings. The standard InChI is InChI=1S/C11H21NO.2C2H6/c1-9(2)8-11(13)12-6-4-10(3)5-7-12;2*1-2/h9-10H,4-8H2,1-3H3;2*1-2H3. The van der Waals surface area contributed by atoms with Gasteiger partial charge in [-0.1, -0.05) is 48.5 Å². The molecule has 0 aromatic heterocycles. The summed E-state index contributed by atoms with van der Waals surface area (Å²) in [5.41, 5.74) is 0. The van der Waals surface area contributed by atoms with Crippen molar-refractivity contribution in [1.29, 1.82) is 0 Å². The highest BCUT2D eigenvalue weighted by Gasteiger charge is 2.20. The summed E-state index contributed by atoms with van der Waals surface area (Å²) in [7, 11) is 0. The van der Waals surface area contributed by atoms with Crippen molar-refractivity contribution in [3.63, 3.8) is 0 Å². The van der Waals surface area contributed by atoms with E-state index in [1.165, 1.54) is 12.8 Å². The minimum absolute atomic E-state index is 0.349. The van der Waals surface area contributed by atoms with E-state index in [4.69, 9.17) is 0 Å². The fraction of sp³-hybridized carbons (Fsp3) is 0.933. The molecular weight excluding hydrogens is 210 g/mol. The summed E-state index contributed by atoms with van der Waals surface area (Å²) in [6, 6.07) is 0. The number of hydrogen-bond acceptors (Lipinski definition) is 1. The normalized spacial score (nSPS) is 15.6. The molecule has 0 bridgehead atoms. The van der Waals surface area contributed by atoms with Crippen LogP contribution in [-0.4, -0.2) is 23.9 Å². The van der Waals surface area contributed by atoms with Crippen LogP contribution in [0.15, 0.2) is 0 Å². The predicted octanol–water partition coefficient (Wildman–Crippen LogP) is 4.34. The minimum Gasteiger partial charge on any atom is -0.343 e. The molecule has 2 nitrogen and oxygen atoms in total. The van der Waals surface area contributed by atoms with Gasteiger partial charge in [-0.05, 0) is 24.7 Å². The summed E-state index contributed by atoms with van der Waals surface area (Å²) in [5, 5.41) is 0. The van der Waals surface area contributed by atoms with Crippen molar-refractivity contribution in [3.05, 3.63) is 0 Å². The smallest absolute Gasteiger partial charge is 0.222 e. The summed E-state index contributed by atoms with van der Waals surface area (Å²) < 4.78 is 0. The van der Waals surface area contributed by atoms with E-state index in [-0.39, 0.29) is 0 Å². The first kappa shape index (κ1) is 18.8. The van der Waals surface area contributed by atoms with Gasteiger partial charge in [-0.25, -0.2) is 0 Å². The van der Waals surface area contributed by atoms with E-state index in [0.29, 0.717) is 18.2 Å². The summed E-state index contributed by atoms with van der Waals surface area (Å²) in [6.07, 6.45) is 3.09. The van der Waals surface area contributed by atoms with Gasteiger partial charge in [0.05, 0.1) is 0 Å². The Balaban J connectivity index is 0.